The number of piperidine rings is 1. The van der Waals surface area contributed by atoms with Gasteiger partial charge in [-0.05, 0) is 81.2 Å². The van der Waals surface area contributed by atoms with E-state index in [1.54, 1.807) is 26.1 Å². The Balaban J connectivity index is 1.63. The van der Waals surface area contributed by atoms with Gasteiger partial charge in [-0.15, -0.1) is 0 Å². The fourth-order valence-corrected chi connectivity index (χ4v) is 5.19. The van der Waals surface area contributed by atoms with Crippen LogP contribution in [-0.2, 0) is 0 Å². The Bertz CT molecular complexity index is 1510. The third-order valence-corrected chi connectivity index (χ3v) is 7.05. The molecule has 0 atom stereocenters. The van der Waals surface area contributed by atoms with Crippen molar-refractivity contribution in [2.24, 2.45) is 0 Å². The summed E-state index contributed by atoms with van der Waals surface area (Å²) in [6, 6.07) is 8.95. The lowest BCUT2D eigenvalue weighted by Crippen LogP contribution is -2.35. The topological polar surface area (TPSA) is 71.5 Å². The molecule has 2 aromatic carbocycles. The van der Waals surface area contributed by atoms with Crippen molar-refractivity contribution in [3.8, 4) is 28.3 Å². The van der Waals surface area contributed by atoms with Crippen LogP contribution >= 0.6 is 0 Å². The van der Waals surface area contributed by atoms with Crippen molar-refractivity contribution in [1.82, 2.24) is 14.5 Å². The summed E-state index contributed by atoms with van der Waals surface area (Å²) in [5.41, 5.74) is 2.29. The number of oxazole rings is 1. The van der Waals surface area contributed by atoms with Gasteiger partial charge < -0.3 is 14.4 Å². The molecule has 2 aromatic heterocycles. The summed E-state index contributed by atoms with van der Waals surface area (Å²) in [7, 11) is 0. The summed E-state index contributed by atoms with van der Waals surface area (Å²) in [4.78, 5) is 19.8. The number of aryl methyl sites for hydroxylation is 2. The van der Waals surface area contributed by atoms with Gasteiger partial charge in [0.05, 0.1) is 17.9 Å². The van der Waals surface area contributed by atoms with Gasteiger partial charge in [-0.3, -0.25) is 9.36 Å². The second-order valence-electron chi connectivity index (χ2n) is 9.71. The number of β-amino-alcohol motifs (C(OH)–C–C–N with tert-alkyl or cyclic N) is 1. The molecule has 0 saturated carbocycles. The minimum atomic E-state index is -0.787. The number of aliphatic hydroxyl groups is 1. The third-order valence-electron chi connectivity index (χ3n) is 7.05. The van der Waals surface area contributed by atoms with Crippen LogP contribution in [0.5, 0.6) is 0 Å². The third kappa shape index (κ3) is 5.04. The smallest absolute Gasteiger partial charge is 0.255 e. The average Bonchev–Trinajstić information content (AvgIpc) is 3.30. The zero-order chi connectivity index (χ0) is 27.0. The molecule has 5 rings (SSSR count). The maximum absolute atomic E-state index is 14.9. The van der Waals surface area contributed by atoms with E-state index in [1.165, 1.54) is 28.8 Å². The highest BCUT2D eigenvalue weighted by molar-refractivity contribution is 5.77. The zero-order valence-electron chi connectivity index (χ0n) is 21.2. The van der Waals surface area contributed by atoms with Crippen LogP contribution in [0, 0.1) is 31.3 Å². The van der Waals surface area contributed by atoms with E-state index in [4.69, 9.17) is 9.40 Å². The molecule has 6 nitrogen and oxygen atoms in total. The summed E-state index contributed by atoms with van der Waals surface area (Å²) < 4.78 is 50.1. The van der Waals surface area contributed by atoms with Crippen LogP contribution in [0.3, 0.4) is 0 Å². The Labute approximate surface area is 218 Å². The summed E-state index contributed by atoms with van der Waals surface area (Å²) in [6.45, 7) is 5.65. The molecule has 0 radical (unpaired) electrons. The molecule has 198 valence electrons. The molecule has 1 saturated heterocycles. The Hall–Kier alpha value is -3.69. The van der Waals surface area contributed by atoms with Crippen molar-refractivity contribution in [2.75, 3.05) is 26.2 Å². The second kappa shape index (κ2) is 10.6. The van der Waals surface area contributed by atoms with Crippen molar-refractivity contribution >= 4 is 0 Å². The number of benzene rings is 2. The maximum atomic E-state index is 14.9. The Morgan fingerprint density at radius 2 is 1.71 bits per heavy atom. The highest BCUT2D eigenvalue weighted by atomic mass is 19.1. The molecule has 0 bridgehead atoms. The molecule has 1 N–H and O–H groups in total. The highest BCUT2D eigenvalue weighted by Gasteiger charge is 2.28. The number of halogens is 3. The van der Waals surface area contributed by atoms with E-state index >= 15 is 0 Å². The van der Waals surface area contributed by atoms with E-state index in [-0.39, 0.29) is 29.4 Å². The van der Waals surface area contributed by atoms with Gasteiger partial charge in [0, 0.05) is 36.4 Å². The number of aliphatic hydroxyl groups excluding tert-OH is 1. The van der Waals surface area contributed by atoms with E-state index in [9.17, 15) is 23.1 Å². The van der Waals surface area contributed by atoms with E-state index in [1.807, 2.05) is 0 Å². The molecule has 3 heterocycles. The molecule has 0 spiro atoms. The second-order valence-corrected chi connectivity index (χ2v) is 9.71. The van der Waals surface area contributed by atoms with Crippen LogP contribution in [0.25, 0.3) is 28.3 Å². The van der Waals surface area contributed by atoms with Crippen molar-refractivity contribution in [1.29, 1.82) is 0 Å². The largest absolute Gasteiger partial charge is 0.440 e. The Morgan fingerprint density at radius 3 is 2.37 bits per heavy atom. The fourth-order valence-electron chi connectivity index (χ4n) is 5.19. The standard InChI is InChI=1S/C29H28F3N3O3/c1-17-13-22(31)14-18(2)27(17)35-16-20(3-6-25(35)37)26-28(23-5-4-21(30)15-24(23)32)38-29(33-26)19-7-9-34(10-8-19)11-12-36/h3-6,13-16,19,36H,7-12H2,1-2H3. The molecule has 1 aliphatic heterocycles. The number of nitrogens with zero attached hydrogens (tertiary/aromatic N) is 3. The minimum Gasteiger partial charge on any atom is -0.440 e. The van der Waals surface area contributed by atoms with Crippen LogP contribution in [0.4, 0.5) is 13.2 Å². The lowest BCUT2D eigenvalue weighted by atomic mass is 9.97. The van der Waals surface area contributed by atoms with E-state index in [0.717, 1.165) is 38.1 Å². The fraction of sp³-hybridized carbons (Fsp3) is 0.310. The number of rotatable bonds is 6. The normalized spacial score (nSPS) is 14.8. The van der Waals surface area contributed by atoms with E-state index < -0.39 is 17.5 Å². The van der Waals surface area contributed by atoms with Gasteiger partial charge in [-0.1, -0.05) is 0 Å². The number of hydrogen-bond donors (Lipinski definition) is 1. The SMILES string of the molecule is Cc1cc(F)cc(C)c1-n1cc(-c2nc(C3CCN(CCO)CC3)oc2-c2ccc(F)cc2F)ccc1=O. The molecule has 4 aromatic rings. The van der Waals surface area contributed by atoms with Crippen molar-refractivity contribution < 1.29 is 22.7 Å². The molecule has 0 amide bonds. The number of pyridine rings is 1. The number of likely N-dealkylation sites (tertiary alicyclic amines) is 1. The van der Waals surface area contributed by atoms with Crippen LogP contribution in [-0.4, -0.2) is 45.8 Å². The quantitative estimate of drug-likeness (QED) is 0.368. The van der Waals surface area contributed by atoms with Crippen molar-refractivity contribution in [2.45, 2.75) is 32.6 Å². The number of aromatic nitrogens is 2. The molecule has 1 aliphatic rings. The van der Waals surface area contributed by atoms with Gasteiger partial charge in [0.2, 0.25) is 0 Å². The lowest BCUT2D eigenvalue weighted by Gasteiger charge is -2.29. The molecular formula is C29H28F3N3O3. The summed E-state index contributed by atoms with van der Waals surface area (Å²) in [6.07, 6.45) is 3.09. The summed E-state index contributed by atoms with van der Waals surface area (Å²) >= 11 is 0. The van der Waals surface area contributed by atoms with Crippen molar-refractivity contribution in [3.05, 3.63) is 93.5 Å². The van der Waals surface area contributed by atoms with E-state index in [0.29, 0.717) is 40.5 Å². The van der Waals surface area contributed by atoms with Gasteiger partial charge >= 0.3 is 0 Å². The highest BCUT2D eigenvalue weighted by Crippen LogP contribution is 2.38. The van der Waals surface area contributed by atoms with Crippen molar-refractivity contribution in [3.63, 3.8) is 0 Å². The monoisotopic (exact) mass is 523 g/mol. The zero-order valence-corrected chi connectivity index (χ0v) is 21.2. The lowest BCUT2D eigenvalue weighted by molar-refractivity contribution is 0.158. The van der Waals surface area contributed by atoms with Gasteiger partial charge in [0.25, 0.3) is 5.56 Å². The molecule has 1 fully saturated rings. The summed E-state index contributed by atoms with van der Waals surface area (Å²) in [5, 5.41) is 9.23. The van der Waals surface area contributed by atoms with Gasteiger partial charge in [0.1, 0.15) is 23.1 Å². The first-order chi connectivity index (χ1) is 18.2. The molecule has 9 heteroatoms. The van der Waals surface area contributed by atoms with Gasteiger partial charge in [-0.25, -0.2) is 18.2 Å². The molecule has 38 heavy (non-hydrogen) atoms. The Morgan fingerprint density at radius 1 is 1.00 bits per heavy atom. The van der Waals surface area contributed by atoms with Gasteiger partial charge in [0.15, 0.2) is 11.7 Å². The average molecular weight is 524 g/mol. The Kier molecular flexibility index (Phi) is 7.23. The first kappa shape index (κ1) is 25.9. The molecular weight excluding hydrogens is 495 g/mol. The first-order valence-corrected chi connectivity index (χ1v) is 12.5. The predicted molar refractivity (Wildman–Crippen MR) is 138 cm³/mol. The molecule has 0 aliphatic carbocycles. The van der Waals surface area contributed by atoms with E-state index in [2.05, 4.69) is 4.90 Å². The minimum absolute atomic E-state index is 0.0200. The summed E-state index contributed by atoms with van der Waals surface area (Å²) in [5.74, 6) is -1.33. The van der Waals surface area contributed by atoms with Gasteiger partial charge in [-0.2, -0.15) is 0 Å². The van der Waals surface area contributed by atoms with Crippen LogP contribution < -0.4 is 5.56 Å². The van der Waals surface area contributed by atoms with Crippen LogP contribution in [0.2, 0.25) is 0 Å². The molecule has 0 unspecified atom stereocenters. The number of hydrogen-bond acceptors (Lipinski definition) is 5. The predicted octanol–water partition coefficient (Wildman–Crippen LogP) is 5.37. The van der Waals surface area contributed by atoms with Crippen LogP contribution in [0.1, 0.15) is 35.8 Å². The first-order valence-electron chi connectivity index (χ1n) is 12.5. The van der Waals surface area contributed by atoms with Crippen LogP contribution in [0.15, 0.2) is 57.9 Å². The maximum Gasteiger partial charge on any atom is 0.255 e.